The van der Waals surface area contributed by atoms with Gasteiger partial charge in [0.25, 0.3) is 0 Å². The number of fused-ring (bicyclic) bond motifs is 1. The third-order valence-corrected chi connectivity index (χ3v) is 3.02. The van der Waals surface area contributed by atoms with Crippen LogP contribution in [0.4, 0.5) is 5.82 Å². The number of pyridine rings is 1. The summed E-state index contributed by atoms with van der Waals surface area (Å²) in [7, 11) is 0. The smallest absolute Gasteiger partial charge is 0.248 e. The lowest BCUT2D eigenvalue weighted by Gasteiger charge is -2.18. The van der Waals surface area contributed by atoms with E-state index in [1.807, 2.05) is 30.3 Å². The van der Waals surface area contributed by atoms with E-state index >= 15 is 0 Å². The predicted octanol–water partition coefficient (Wildman–Crippen LogP) is 2.64. The number of anilines is 1. The molecule has 5 heteroatoms. The molecule has 1 aliphatic rings. The first kappa shape index (κ1) is 13.2. The molecule has 1 aliphatic heterocycles. The molecule has 1 N–H and O–H groups in total. The van der Waals surface area contributed by atoms with Gasteiger partial charge < -0.3 is 14.8 Å². The highest BCUT2D eigenvalue weighted by atomic mass is 16.6. The van der Waals surface area contributed by atoms with Crippen LogP contribution in [0, 0.1) is 0 Å². The van der Waals surface area contributed by atoms with Gasteiger partial charge in [-0.05, 0) is 36.4 Å². The lowest BCUT2D eigenvalue weighted by Crippen LogP contribution is -2.15. The number of amides is 1. The Morgan fingerprint density at radius 3 is 2.81 bits per heavy atom. The molecule has 1 aromatic heterocycles. The predicted molar refractivity (Wildman–Crippen MR) is 79.5 cm³/mol. The topological polar surface area (TPSA) is 60.5 Å². The molecule has 2 aromatic rings. The van der Waals surface area contributed by atoms with Gasteiger partial charge in [-0.15, -0.1) is 0 Å². The molecule has 0 spiro atoms. The van der Waals surface area contributed by atoms with E-state index in [-0.39, 0.29) is 5.91 Å². The summed E-state index contributed by atoms with van der Waals surface area (Å²) in [6.45, 7) is 4.52. The molecule has 0 aliphatic carbocycles. The van der Waals surface area contributed by atoms with Gasteiger partial charge >= 0.3 is 0 Å². The van der Waals surface area contributed by atoms with Crippen LogP contribution in [0.25, 0.3) is 11.3 Å². The number of aromatic nitrogens is 1. The average molecular weight is 282 g/mol. The Morgan fingerprint density at radius 1 is 1.19 bits per heavy atom. The van der Waals surface area contributed by atoms with Crippen molar-refractivity contribution in [3.63, 3.8) is 0 Å². The van der Waals surface area contributed by atoms with Crippen LogP contribution in [-0.2, 0) is 4.79 Å². The molecule has 0 radical (unpaired) electrons. The van der Waals surface area contributed by atoms with Gasteiger partial charge in [0.2, 0.25) is 5.91 Å². The molecular weight excluding hydrogens is 268 g/mol. The summed E-state index contributed by atoms with van der Waals surface area (Å²) in [5.74, 6) is 1.64. The van der Waals surface area contributed by atoms with Crippen molar-refractivity contribution >= 4 is 11.7 Å². The zero-order chi connectivity index (χ0) is 14.7. The molecule has 0 unspecified atom stereocenters. The first-order valence-corrected chi connectivity index (χ1v) is 6.57. The van der Waals surface area contributed by atoms with Gasteiger partial charge in [-0.2, -0.15) is 0 Å². The summed E-state index contributed by atoms with van der Waals surface area (Å²) in [4.78, 5) is 15.7. The SMILES string of the molecule is C=CC(=O)Nc1cccc(-c2ccc3c(c2)OCCO3)n1. The van der Waals surface area contributed by atoms with Gasteiger partial charge in [0.1, 0.15) is 19.0 Å². The maximum Gasteiger partial charge on any atom is 0.248 e. The fourth-order valence-electron chi connectivity index (χ4n) is 2.05. The summed E-state index contributed by atoms with van der Waals surface area (Å²) in [6.07, 6.45) is 1.21. The number of ether oxygens (including phenoxy) is 2. The van der Waals surface area contributed by atoms with Crippen molar-refractivity contribution in [3.05, 3.63) is 49.1 Å². The van der Waals surface area contributed by atoms with Crippen molar-refractivity contribution in [2.24, 2.45) is 0 Å². The molecule has 3 rings (SSSR count). The van der Waals surface area contributed by atoms with Crippen LogP contribution in [-0.4, -0.2) is 24.1 Å². The van der Waals surface area contributed by atoms with E-state index in [1.54, 1.807) is 6.07 Å². The van der Waals surface area contributed by atoms with E-state index in [0.29, 0.717) is 24.8 Å². The number of rotatable bonds is 3. The first-order chi connectivity index (χ1) is 10.3. The minimum absolute atomic E-state index is 0.290. The summed E-state index contributed by atoms with van der Waals surface area (Å²) in [6, 6.07) is 11.1. The Kier molecular flexibility index (Phi) is 3.55. The van der Waals surface area contributed by atoms with Crippen molar-refractivity contribution in [1.82, 2.24) is 4.98 Å². The summed E-state index contributed by atoms with van der Waals surface area (Å²) < 4.78 is 11.1. The number of nitrogens with zero attached hydrogens (tertiary/aromatic N) is 1. The third-order valence-electron chi connectivity index (χ3n) is 3.02. The molecule has 0 fully saturated rings. The van der Waals surface area contributed by atoms with Gasteiger partial charge in [-0.25, -0.2) is 4.98 Å². The van der Waals surface area contributed by atoms with Crippen molar-refractivity contribution in [3.8, 4) is 22.8 Å². The maximum absolute atomic E-state index is 11.3. The molecule has 0 atom stereocenters. The van der Waals surface area contributed by atoms with Crippen LogP contribution < -0.4 is 14.8 Å². The van der Waals surface area contributed by atoms with Gasteiger partial charge in [0, 0.05) is 5.56 Å². The fourth-order valence-corrected chi connectivity index (χ4v) is 2.05. The second-order valence-corrected chi connectivity index (χ2v) is 4.46. The van der Waals surface area contributed by atoms with Gasteiger partial charge in [0.05, 0.1) is 5.69 Å². The van der Waals surface area contributed by atoms with Crippen molar-refractivity contribution in [2.75, 3.05) is 18.5 Å². The van der Waals surface area contributed by atoms with Crippen LogP contribution in [0.5, 0.6) is 11.5 Å². The van der Waals surface area contributed by atoms with E-state index in [4.69, 9.17) is 9.47 Å². The first-order valence-electron chi connectivity index (χ1n) is 6.57. The fraction of sp³-hybridized carbons (Fsp3) is 0.125. The maximum atomic E-state index is 11.3. The van der Waals surface area contributed by atoms with E-state index in [9.17, 15) is 4.79 Å². The standard InChI is InChI=1S/C16H14N2O3/c1-2-16(19)18-15-5-3-4-12(17-15)11-6-7-13-14(10-11)21-9-8-20-13/h2-7,10H,1,8-9H2,(H,17,18,19). The van der Waals surface area contributed by atoms with Crippen LogP contribution >= 0.6 is 0 Å². The number of nitrogens with one attached hydrogen (secondary N) is 1. The van der Waals surface area contributed by atoms with E-state index in [1.165, 1.54) is 6.08 Å². The molecule has 21 heavy (non-hydrogen) atoms. The highest BCUT2D eigenvalue weighted by molar-refractivity contribution is 5.98. The molecule has 0 saturated heterocycles. The highest BCUT2D eigenvalue weighted by Gasteiger charge is 2.13. The van der Waals surface area contributed by atoms with E-state index in [0.717, 1.165) is 17.0 Å². The van der Waals surface area contributed by atoms with Crippen molar-refractivity contribution in [1.29, 1.82) is 0 Å². The zero-order valence-corrected chi connectivity index (χ0v) is 11.3. The average Bonchev–Trinajstić information content (AvgIpc) is 2.54. The zero-order valence-electron chi connectivity index (χ0n) is 11.3. The van der Waals surface area contributed by atoms with Crippen LogP contribution in [0.15, 0.2) is 49.1 Å². The van der Waals surface area contributed by atoms with Gasteiger partial charge in [-0.3, -0.25) is 4.79 Å². The summed E-state index contributed by atoms with van der Waals surface area (Å²) in [5.41, 5.74) is 1.64. The molecule has 5 nitrogen and oxygen atoms in total. The molecule has 0 bridgehead atoms. The molecule has 0 saturated carbocycles. The van der Waals surface area contributed by atoms with Crippen molar-refractivity contribution < 1.29 is 14.3 Å². The van der Waals surface area contributed by atoms with Crippen LogP contribution in [0.1, 0.15) is 0 Å². The van der Waals surface area contributed by atoms with Gasteiger partial charge in [-0.1, -0.05) is 12.6 Å². The quantitative estimate of drug-likeness (QED) is 0.879. The largest absolute Gasteiger partial charge is 0.486 e. The van der Waals surface area contributed by atoms with E-state index < -0.39 is 0 Å². The minimum Gasteiger partial charge on any atom is -0.486 e. The second-order valence-electron chi connectivity index (χ2n) is 4.46. The summed E-state index contributed by atoms with van der Waals surface area (Å²) >= 11 is 0. The summed E-state index contributed by atoms with van der Waals surface area (Å²) in [5, 5.41) is 2.64. The molecular formula is C16H14N2O3. The Morgan fingerprint density at radius 2 is 2.00 bits per heavy atom. The number of hydrogen-bond acceptors (Lipinski definition) is 4. The Balaban J connectivity index is 1.91. The third kappa shape index (κ3) is 2.86. The molecule has 106 valence electrons. The molecule has 2 heterocycles. The Bertz CT molecular complexity index is 698. The lowest BCUT2D eigenvalue weighted by atomic mass is 10.1. The van der Waals surface area contributed by atoms with Crippen LogP contribution in [0.3, 0.4) is 0 Å². The minimum atomic E-state index is -0.290. The van der Waals surface area contributed by atoms with Gasteiger partial charge in [0.15, 0.2) is 11.5 Å². The van der Waals surface area contributed by atoms with Crippen LogP contribution in [0.2, 0.25) is 0 Å². The number of hydrogen-bond donors (Lipinski definition) is 1. The highest BCUT2D eigenvalue weighted by Crippen LogP contribution is 2.34. The number of benzene rings is 1. The van der Waals surface area contributed by atoms with Crippen molar-refractivity contribution in [2.45, 2.75) is 0 Å². The second kappa shape index (κ2) is 5.66. The normalized spacial score (nSPS) is 12.6. The molecule has 1 aromatic carbocycles. The Hall–Kier alpha value is -2.82. The lowest BCUT2D eigenvalue weighted by molar-refractivity contribution is -0.111. The monoisotopic (exact) mass is 282 g/mol. The number of carbonyl (C=O) groups excluding carboxylic acids is 1. The Labute approximate surface area is 122 Å². The molecule has 1 amide bonds. The number of carbonyl (C=O) groups is 1. The van der Waals surface area contributed by atoms with E-state index in [2.05, 4.69) is 16.9 Å².